The van der Waals surface area contributed by atoms with Crippen molar-refractivity contribution in [3.05, 3.63) is 59.2 Å². The summed E-state index contributed by atoms with van der Waals surface area (Å²) in [7, 11) is 0. The minimum atomic E-state index is -0.906. The summed E-state index contributed by atoms with van der Waals surface area (Å²) in [6.07, 6.45) is 9.91. The number of carbonyl (C=O) groups excluding carboxylic acids is 1. The van der Waals surface area contributed by atoms with E-state index < -0.39 is 11.6 Å². The fourth-order valence-corrected chi connectivity index (χ4v) is 4.13. The van der Waals surface area contributed by atoms with E-state index in [4.69, 9.17) is 4.74 Å². The van der Waals surface area contributed by atoms with Gasteiger partial charge in [-0.3, -0.25) is 9.20 Å². The number of aryl methyl sites for hydroxylation is 2. The molecule has 1 aromatic carbocycles. The second-order valence-corrected chi connectivity index (χ2v) is 7.96. The lowest BCUT2D eigenvalue weighted by molar-refractivity contribution is 0.0976. The molecule has 0 unspecified atom stereocenters. The highest BCUT2D eigenvalue weighted by atomic mass is 19.2. The van der Waals surface area contributed by atoms with Crippen LogP contribution in [0.2, 0.25) is 0 Å². The standard InChI is InChI=1S/C23H25F2N3O2/c1-15-21(20(29)10-8-16-7-9-18(24)19(25)13-16)28-12-11-26-23(22(28)27-15)30-14-17-5-3-2-4-6-17/h7,9,11-13,17H,2-6,8,10,14H2,1H3. The molecule has 7 heteroatoms. The van der Waals surface area contributed by atoms with Crippen LogP contribution in [0.3, 0.4) is 0 Å². The molecular formula is C23H25F2N3O2. The van der Waals surface area contributed by atoms with Crippen LogP contribution in [0.4, 0.5) is 8.78 Å². The van der Waals surface area contributed by atoms with Gasteiger partial charge in [0.2, 0.25) is 5.65 Å². The monoisotopic (exact) mass is 413 g/mol. The zero-order chi connectivity index (χ0) is 21.1. The molecule has 1 saturated carbocycles. The van der Waals surface area contributed by atoms with Gasteiger partial charge < -0.3 is 4.74 Å². The summed E-state index contributed by atoms with van der Waals surface area (Å²) in [6.45, 7) is 2.39. The highest BCUT2D eigenvalue weighted by Crippen LogP contribution is 2.26. The number of hydrogen-bond acceptors (Lipinski definition) is 4. The fraction of sp³-hybridized carbons (Fsp3) is 0.435. The first-order valence-corrected chi connectivity index (χ1v) is 10.5. The molecule has 3 aromatic rings. The normalized spacial score (nSPS) is 14.9. The van der Waals surface area contributed by atoms with Crippen molar-refractivity contribution < 1.29 is 18.3 Å². The molecule has 0 radical (unpaired) electrons. The summed E-state index contributed by atoms with van der Waals surface area (Å²) in [5.41, 5.74) is 2.17. The number of aromatic nitrogens is 3. The highest BCUT2D eigenvalue weighted by molar-refractivity contribution is 5.96. The molecule has 0 N–H and O–H groups in total. The van der Waals surface area contributed by atoms with Gasteiger partial charge in [0, 0.05) is 18.8 Å². The minimum absolute atomic E-state index is 0.117. The number of hydrogen-bond donors (Lipinski definition) is 0. The third-order valence-electron chi connectivity index (χ3n) is 5.75. The van der Waals surface area contributed by atoms with Crippen LogP contribution in [-0.2, 0) is 6.42 Å². The van der Waals surface area contributed by atoms with E-state index >= 15 is 0 Å². The third kappa shape index (κ3) is 4.35. The summed E-state index contributed by atoms with van der Waals surface area (Å²) in [4.78, 5) is 21.7. The van der Waals surface area contributed by atoms with Crippen LogP contribution in [0, 0.1) is 24.5 Å². The third-order valence-corrected chi connectivity index (χ3v) is 5.75. The maximum absolute atomic E-state index is 13.4. The van der Waals surface area contributed by atoms with Gasteiger partial charge in [-0.1, -0.05) is 25.3 Å². The number of Topliss-reactive ketones (excluding diaryl/α,β-unsaturated/α-hetero) is 1. The molecule has 1 aliphatic rings. The number of carbonyl (C=O) groups is 1. The van der Waals surface area contributed by atoms with Gasteiger partial charge in [-0.2, -0.15) is 0 Å². The predicted octanol–water partition coefficient (Wildman–Crippen LogP) is 5.09. The molecule has 158 valence electrons. The second kappa shape index (κ2) is 8.90. The number of ketones is 1. The Morgan fingerprint density at radius 3 is 2.77 bits per heavy atom. The Kier molecular flexibility index (Phi) is 6.06. The van der Waals surface area contributed by atoms with Crippen LogP contribution in [0.5, 0.6) is 5.88 Å². The number of halogens is 2. The van der Waals surface area contributed by atoms with Crippen molar-refractivity contribution >= 4 is 11.4 Å². The van der Waals surface area contributed by atoms with Crippen molar-refractivity contribution in [2.45, 2.75) is 51.9 Å². The van der Waals surface area contributed by atoms with E-state index in [2.05, 4.69) is 9.97 Å². The molecule has 0 aliphatic heterocycles. The number of imidazole rings is 1. The first kappa shape index (κ1) is 20.4. The van der Waals surface area contributed by atoms with Gasteiger partial charge >= 0.3 is 0 Å². The van der Waals surface area contributed by atoms with Crippen molar-refractivity contribution in [2.24, 2.45) is 5.92 Å². The molecule has 0 atom stereocenters. The molecule has 1 fully saturated rings. The first-order valence-electron chi connectivity index (χ1n) is 10.5. The fourth-order valence-electron chi connectivity index (χ4n) is 4.13. The summed E-state index contributed by atoms with van der Waals surface area (Å²) < 4.78 is 34.2. The van der Waals surface area contributed by atoms with Crippen molar-refractivity contribution in [1.82, 2.24) is 14.4 Å². The molecule has 1 aliphatic carbocycles. The van der Waals surface area contributed by atoms with Crippen molar-refractivity contribution in [3.8, 4) is 5.88 Å². The zero-order valence-electron chi connectivity index (χ0n) is 17.0. The lowest BCUT2D eigenvalue weighted by Gasteiger charge is -2.21. The van der Waals surface area contributed by atoms with Crippen molar-refractivity contribution in [3.63, 3.8) is 0 Å². The van der Waals surface area contributed by atoms with Crippen molar-refractivity contribution in [2.75, 3.05) is 6.61 Å². The van der Waals surface area contributed by atoms with E-state index in [1.54, 1.807) is 23.7 Å². The number of rotatable bonds is 7. The van der Waals surface area contributed by atoms with Crippen LogP contribution < -0.4 is 4.74 Å². The maximum Gasteiger partial charge on any atom is 0.258 e. The number of ether oxygens (including phenoxy) is 1. The van der Waals surface area contributed by atoms with E-state index in [-0.39, 0.29) is 12.2 Å². The molecule has 2 heterocycles. The molecular weight excluding hydrogens is 388 g/mol. The highest BCUT2D eigenvalue weighted by Gasteiger charge is 2.21. The molecule has 0 bridgehead atoms. The Balaban J connectivity index is 1.50. The van der Waals surface area contributed by atoms with E-state index in [0.29, 0.717) is 47.4 Å². The summed E-state index contributed by atoms with van der Waals surface area (Å²) in [6, 6.07) is 3.70. The van der Waals surface area contributed by atoms with E-state index in [1.807, 2.05) is 0 Å². The Hall–Kier alpha value is -2.83. The van der Waals surface area contributed by atoms with Crippen LogP contribution in [-0.4, -0.2) is 26.8 Å². The van der Waals surface area contributed by atoms with Crippen LogP contribution in [0.1, 0.15) is 60.3 Å². The molecule has 4 rings (SSSR count). The molecule has 0 spiro atoms. The van der Waals surface area contributed by atoms with Gasteiger partial charge in [0.05, 0.1) is 12.3 Å². The lowest BCUT2D eigenvalue weighted by Crippen LogP contribution is -2.16. The quantitative estimate of drug-likeness (QED) is 0.506. The van der Waals surface area contributed by atoms with Crippen molar-refractivity contribution in [1.29, 1.82) is 0 Å². The minimum Gasteiger partial charge on any atom is -0.475 e. The van der Waals surface area contributed by atoms with Crippen LogP contribution >= 0.6 is 0 Å². The molecule has 5 nitrogen and oxygen atoms in total. The van der Waals surface area contributed by atoms with E-state index in [0.717, 1.165) is 12.1 Å². The number of nitrogens with zero attached hydrogens (tertiary/aromatic N) is 3. The lowest BCUT2D eigenvalue weighted by atomic mass is 9.90. The summed E-state index contributed by atoms with van der Waals surface area (Å²) in [5, 5.41) is 0. The largest absolute Gasteiger partial charge is 0.475 e. The molecule has 2 aromatic heterocycles. The predicted molar refractivity (Wildman–Crippen MR) is 109 cm³/mol. The van der Waals surface area contributed by atoms with Crippen LogP contribution in [0.15, 0.2) is 30.6 Å². The summed E-state index contributed by atoms with van der Waals surface area (Å²) >= 11 is 0. The Labute approximate surface area is 174 Å². The number of fused-ring (bicyclic) bond motifs is 1. The molecule has 0 saturated heterocycles. The average Bonchev–Trinajstić information content (AvgIpc) is 3.10. The smallest absolute Gasteiger partial charge is 0.258 e. The Morgan fingerprint density at radius 2 is 2.00 bits per heavy atom. The maximum atomic E-state index is 13.4. The summed E-state index contributed by atoms with van der Waals surface area (Å²) in [5.74, 6) is -0.943. The van der Waals surface area contributed by atoms with E-state index in [1.165, 1.54) is 38.2 Å². The topological polar surface area (TPSA) is 56.5 Å². The number of benzene rings is 1. The van der Waals surface area contributed by atoms with Crippen LogP contribution in [0.25, 0.3) is 5.65 Å². The van der Waals surface area contributed by atoms with Gasteiger partial charge in [0.1, 0.15) is 5.69 Å². The Morgan fingerprint density at radius 1 is 1.20 bits per heavy atom. The van der Waals surface area contributed by atoms with E-state index in [9.17, 15) is 13.6 Å². The SMILES string of the molecule is Cc1nc2c(OCC3CCCCC3)nccn2c1C(=O)CCc1ccc(F)c(F)c1. The average molecular weight is 413 g/mol. The second-order valence-electron chi connectivity index (χ2n) is 7.96. The first-order chi connectivity index (χ1) is 14.5. The van der Waals surface area contributed by atoms with Gasteiger partial charge in [-0.15, -0.1) is 0 Å². The Bertz CT molecular complexity index is 1060. The molecule has 30 heavy (non-hydrogen) atoms. The molecule has 0 amide bonds. The van der Waals surface area contributed by atoms with Gasteiger partial charge in [-0.25, -0.2) is 18.7 Å². The van der Waals surface area contributed by atoms with Gasteiger partial charge in [0.15, 0.2) is 17.4 Å². The van der Waals surface area contributed by atoms with Gasteiger partial charge in [0.25, 0.3) is 5.88 Å². The van der Waals surface area contributed by atoms with Gasteiger partial charge in [-0.05, 0) is 49.8 Å². The zero-order valence-corrected chi connectivity index (χ0v) is 17.0.